The van der Waals surface area contributed by atoms with Crippen LogP contribution in [0.25, 0.3) is 0 Å². The van der Waals surface area contributed by atoms with Gasteiger partial charge in [-0.3, -0.25) is 9.78 Å². The molecule has 0 bridgehead atoms. The highest BCUT2D eigenvalue weighted by Crippen LogP contribution is 2.32. The van der Waals surface area contributed by atoms with E-state index in [1.54, 1.807) is 12.4 Å². The summed E-state index contributed by atoms with van der Waals surface area (Å²) in [5.74, 6) is 0.0608. The highest BCUT2D eigenvalue weighted by molar-refractivity contribution is 6.01. The summed E-state index contributed by atoms with van der Waals surface area (Å²) < 4.78 is 0. The molecule has 1 N–H and O–H groups in total. The lowest BCUT2D eigenvalue weighted by Gasteiger charge is -2.37. The van der Waals surface area contributed by atoms with Crippen molar-refractivity contribution in [3.63, 3.8) is 0 Å². The van der Waals surface area contributed by atoms with E-state index in [0.29, 0.717) is 6.54 Å². The van der Waals surface area contributed by atoms with Crippen molar-refractivity contribution in [3.05, 3.63) is 59.9 Å². The zero-order chi connectivity index (χ0) is 13.2. The molecule has 4 heteroatoms. The first-order valence-electron chi connectivity index (χ1n) is 6.37. The summed E-state index contributed by atoms with van der Waals surface area (Å²) in [4.78, 5) is 18.4. The number of nitrogens with zero attached hydrogens (tertiary/aromatic N) is 2. The molecule has 3 rings (SSSR count). The van der Waals surface area contributed by atoms with Crippen LogP contribution in [0.4, 0.5) is 5.69 Å². The fraction of sp³-hybridized carbons (Fsp3) is 0.200. The second kappa shape index (κ2) is 4.72. The number of para-hydroxylation sites is 1. The van der Waals surface area contributed by atoms with Gasteiger partial charge >= 0.3 is 0 Å². The first-order valence-corrected chi connectivity index (χ1v) is 6.37. The number of nitrogens with one attached hydrogen (secondary N) is 1. The quantitative estimate of drug-likeness (QED) is 0.895. The lowest BCUT2D eigenvalue weighted by molar-refractivity contribution is 0.0694. The molecule has 2 aromatic rings. The van der Waals surface area contributed by atoms with Gasteiger partial charge in [0.2, 0.25) is 0 Å². The Morgan fingerprint density at radius 3 is 2.84 bits per heavy atom. The van der Waals surface area contributed by atoms with Gasteiger partial charge in [-0.1, -0.05) is 18.2 Å². The zero-order valence-corrected chi connectivity index (χ0v) is 10.7. The van der Waals surface area contributed by atoms with E-state index in [4.69, 9.17) is 0 Å². The number of fused-ring (bicyclic) bond motifs is 1. The minimum Gasteiger partial charge on any atom is -0.361 e. The van der Waals surface area contributed by atoms with Crippen molar-refractivity contribution in [2.45, 2.75) is 13.1 Å². The Hall–Kier alpha value is -2.36. The van der Waals surface area contributed by atoms with Crippen LogP contribution in [0.2, 0.25) is 0 Å². The third kappa shape index (κ3) is 1.95. The lowest BCUT2D eigenvalue weighted by Crippen LogP contribution is -2.42. The molecule has 1 aromatic heterocycles. The average Bonchev–Trinajstić information content (AvgIpc) is 2.48. The molecular weight excluding hydrogens is 238 g/mol. The number of amides is 1. The second-order valence-corrected chi connectivity index (χ2v) is 4.47. The molecule has 0 saturated heterocycles. The van der Waals surface area contributed by atoms with E-state index < -0.39 is 0 Å². The fourth-order valence-electron chi connectivity index (χ4n) is 2.42. The van der Waals surface area contributed by atoms with E-state index in [0.717, 1.165) is 16.8 Å². The number of anilines is 1. The molecule has 1 atom stereocenters. The number of benzene rings is 1. The number of hydrogen-bond donors (Lipinski definition) is 1. The molecule has 0 fully saturated rings. The zero-order valence-electron chi connectivity index (χ0n) is 10.7. The van der Waals surface area contributed by atoms with Crippen LogP contribution in [0.1, 0.15) is 29.0 Å². The number of pyridine rings is 1. The van der Waals surface area contributed by atoms with E-state index in [-0.39, 0.29) is 12.1 Å². The van der Waals surface area contributed by atoms with Gasteiger partial charge in [-0.25, -0.2) is 0 Å². The smallest absolute Gasteiger partial charge is 0.257 e. The first-order chi connectivity index (χ1) is 9.31. The first kappa shape index (κ1) is 11.7. The van der Waals surface area contributed by atoms with Crippen LogP contribution in [0.3, 0.4) is 0 Å². The van der Waals surface area contributed by atoms with Crippen molar-refractivity contribution in [1.82, 2.24) is 9.88 Å². The van der Waals surface area contributed by atoms with Crippen LogP contribution in [-0.4, -0.2) is 22.3 Å². The Morgan fingerprint density at radius 2 is 2.11 bits per heavy atom. The molecular formula is C15H15N3O. The Morgan fingerprint density at radius 1 is 1.26 bits per heavy atom. The topological polar surface area (TPSA) is 45.2 Å². The molecule has 4 nitrogen and oxygen atoms in total. The number of hydrogen-bond acceptors (Lipinski definition) is 3. The van der Waals surface area contributed by atoms with Gasteiger partial charge in [0, 0.05) is 30.2 Å². The summed E-state index contributed by atoms with van der Waals surface area (Å²) in [6, 6.07) is 11.5. The molecule has 1 unspecified atom stereocenters. The van der Waals surface area contributed by atoms with E-state index in [2.05, 4.69) is 10.3 Å². The number of carbonyl (C=O) groups excluding carboxylic acids is 1. The Balaban J connectivity index is 2.05. The molecule has 1 amide bonds. The summed E-state index contributed by atoms with van der Waals surface area (Å²) in [5.41, 5.74) is 2.60. The molecule has 1 aliphatic heterocycles. The van der Waals surface area contributed by atoms with Crippen molar-refractivity contribution < 1.29 is 4.79 Å². The highest BCUT2D eigenvalue weighted by atomic mass is 16.2. The number of carbonyl (C=O) groups is 1. The third-order valence-corrected chi connectivity index (χ3v) is 3.36. The van der Waals surface area contributed by atoms with Gasteiger partial charge in [0.15, 0.2) is 0 Å². The van der Waals surface area contributed by atoms with Crippen molar-refractivity contribution in [1.29, 1.82) is 0 Å². The van der Waals surface area contributed by atoms with E-state index >= 15 is 0 Å². The summed E-state index contributed by atoms with van der Waals surface area (Å²) in [7, 11) is 0. The van der Waals surface area contributed by atoms with E-state index in [1.807, 2.05) is 48.2 Å². The van der Waals surface area contributed by atoms with Gasteiger partial charge in [-0.2, -0.15) is 0 Å². The van der Waals surface area contributed by atoms with Crippen molar-refractivity contribution in [3.8, 4) is 0 Å². The monoisotopic (exact) mass is 253 g/mol. The van der Waals surface area contributed by atoms with Gasteiger partial charge < -0.3 is 10.2 Å². The maximum Gasteiger partial charge on any atom is 0.257 e. The minimum atomic E-state index is -0.152. The molecule has 1 aliphatic rings. The van der Waals surface area contributed by atoms with Gasteiger partial charge in [-0.15, -0.1) is 0 Å². The maximum absolute atomic E-state index is 12.5. The van der Waals surface area contributed by atoms with Crippen molar-refractivity contribution >= 4 is 11.6 Å². The molecule has 96 valence electrons. The Bertz CT molecular complexity index is 597. The normalized spacial score (nSPS) is 17.8. The average molecular weight is 253 g/mol. The summed E-state index contributed by atoms with van der Waals surface area (Å²) in [6.45, 7) is 2.64. The SMILES string of the molecule is CCN1C(=O)c2ccccc2NC1c1cccnc1. The van der Waals surface area contributed by atoms with E-state index in [1.165, 1.54) is 0 Å². The molecule has 19 heavy (non-hydrogen) atoms. The fourth-order valence-corrected chi connectivity index (χ4v) is 2.42. The van der Waals surface area contributed by atoms with Gasteiger partial charge in [-0.05, 0) is 25.1 Å². The standard InChI is InChI=1S/C15H15N3O/c1-2-18-14(11-6-5-9-16-10-11)17-13-8-4-3-7-12(13)15(18)19/h3-10,14,17H,2H2,1H3. The Labute approximate surface area is 112 Å². The van der Waals surface area contributed by atoms with Gasteiger partial charge in [0.1, 0.15) is 6.17 Å². The van der Waals surface area contributed by atoms with Crippen molar-refractivity contribution in [2.75, 3.05) is 11.9 Å². The molecule has 0 radical (unpaired) electrons. The van der Waals surface area contributed by atoms with Crippen LogP contribution in [-0.2, 0) is 0 Å². The van der Waals surface area contributed by atoms with Crippen LogP contribution < -0.4 is 5.32 Å². The molecule has 2 heterocycles. The molecule has 1 aromatic carbocycles. The summed E-state index contributed by atoms with van der Waals surface area (Å²) in [6.07, 6.45) is 3.38. The van der Waals surface area contributed by atoms with Crippen molar-refractivity contribution in [2.24, 2.45) is 0 Å². The highest BCUT2D eigenvalue weighted by Gasteiger charge is 2.31. The number of aromatic nitrogens is 1. The largest absolute Gasteiger partial charge is 0.361 e. The van der Waals surface area contributed by atoms with Crippen LogP contribution in [0, 0.1) is 0 Å². The molecule has 0 saturated carbocycles. The van der Waals surface area contributed by atoms with Crippen LogP contribution in [0.5, 0.6) is 0 Å². The lowest BCUT2D eigenvalue weighted by atomic mass is 10.0. The molecule has 0 aliphatic carbocycles. The van der Waals surface area contributed by atoms with Gasteiger partial charge in [0.05, 0.1) is 5.56 Å². The number of rotatable bonds is 2. The van der Waals surface area contributed by atoms with E-state index in [9.17, 15) is 4.79 Å². The molecule has 0 spiro atoms. The second-order valence-electron chi connectivity index (χ2n) is 4.47. The van der Waals surface area contributed by atoms with Crippen LogP contribution >= 0.6 is 0 Å². The third-order valence-electron chi connectivity index (χ3n) is 3.36. The summed E-state index contributed by atoms with van der Waals surface area (Å²) >= 11 is 0. The van der Waals surface area contributed by atoms with Gasteiger partial charge in [0.25, 0.3) is 5.91 Å². The predicted octanol–water partition coefficient (Wildman–Crippen LogP) is 2.67. The minimum absolute atomic E-state index is 0.0608. The maximum atomic E-state index is 12.5. The van der Waals surface area contributed by atoms with Crippen LogP contribution in [0.15, 0.2) is 48.8 Å². The Kier molecular flexibility index (Phi) is 2.91. The predicted molar refractivity (Wildman–Crippen MR) is 73.8 cm³/mol. The summed E-state index contributed by atoms with van der Waals surface area (Å²) in [5, 5.41) is 3.41.